The van der Waals surface area contributed by atoms with Crippen molar-refractivity contribution in [1.29, 1.82) is 0 Å². The summed E-state index contributed by atoms with van der Waals surface area (Å²) in [6.07, 6.45) is 1.03. The summed E-state index contributed by atoms with van der Waals surface area (Å²) in [7, 11) is -3.63. The third-order valence-electron chi connectivity index (χ3n) is 3.64. The molecule has 0 aromatic carbocycles. The normalized spacial score (nSPS) is 21.0. The average Bonchev–Trinajstić information content (AvgIpc) is 2.65. The Bertz CT molecular complexity index is 644. The Kier molecular flexibility index (Phi) is 4.17. The van der Waals surface area contributed by atoms with Crippen LogP contribution < -0.4 is 4.72 Å². The quantitative estimate of drug-likeness (QED) is 0.866. The van der Waals surface area contributed by atoms with E-state index in [1.165, 1.54) is 0 Å². The molecule has 21 heavy (non-hydrogen) atoms. The largest absolute Gasteiger partial charge is 0.481 e. The van der Waals surface area contributed by atoms with Crippen LogP contribution in [0.5, 0.6) is 0 Å². The van der Waals surface area contributed by atoms with E-state index in [2.05, 4.69) is 18.6 Å². The van der Waals surface area contributed by atoms with Gasteiger partial charge in [0.15, 0.2) is 0 Å². The Hall–Kier alpha value is -1.34. The lowest BCUT2D eigenvalue weighted by Gasteiger charge is -2.34. The molecule has 0 saturated carbocycles. The third-order valence-corrected chi connectivity index (χ3v) is 5.03. The molecule has 0 aliphatic heterocycles. The molecular formula is C14H21NO5S. The van der Waals surface area contributed by atoms with E-state index in [0.717, 1.165) is 23.5 Å². The third kappa shape index (κ3) is 4.07. The highest BCUT2D eigenvalue weighted by atomic mass is 32.2. The summed E-state index contributed by atoms with van der Waals surface area (Å²) in [5.41, 5.74) is 0.794. The molecule has 0 amide bonds. The number of aryl methyl sites for hydroxylation is 1. The predicted octanol–water partition coefficient (Wildman–Crippen LogP) is 2.00. The van der Waals surface area contributed by atoms with Gasteiger partial charge in [0.1, 0.15) is 11.5 Å². The Morgan fingerprint density at radius 2 is 2.19 bits per heavy atom. The van der Waals surface area contributed by atoms with Crippen molar-refractivity contribution >= 4 is 16.0 Å². The fourth-order valence-corrected chi connectivity index (χ4v) is 3.99. The van der Waals surface area contributed by atoms with Crippen LogP contribution in [0.3, 0.4) is 0 Å². The van der Waals surface area contributed by atoms with Crippen LogP contribution in [0.25, 0.3) is 0 Å². The summed E-state index contributed by atoms with van der Waals surface area (Å²) >= 11 is 0. The number of carboxylic acid groups (broad SMARTS) is 1. The van der Waals surface area contributed by atoms with Gasteiger partial charge in [-0.25, -0.2) is 13.1 Å². The Morgan fingerprint density at radius 3 is 2.81 bits per heavy atom. The van der Waals surface area contributed by atoms with E-state index in [1.807, 2.05) is 13.0 Å². The summed E-state index contributed by atoms with van der Waals surface area (Å²) in [6, 6.07) is 1.49. The van der Waals surface area contributed by atoms with Crippen molar-refractivity contribution < 1.29 is 22.7 Å². The first-order chi connectivity index (χ1) is 9.58. The first kappa shape index (κ1) is 16.0. The number of aliphatic carboxylic acids is 1. The fourth-order valence-electron chi connectivity index (χ4n) is 2.79. The number of nitrogens with one attached hydrogen (secondary N) is 1. The van der Waals surface area contributed by atoms with Gasteiger partial charge in [0, 0.05) is 12.0 Å². The molecule has 2 N–H and O–H groups in total. The SMILES string of the molecule is Cc1cc2c(o1)CC(C)(C)CC2NS(=O)(=O)CCC(=O)O. The van der Waals surface area contributed by atoms with E-state index in [9.17, 15) is 13.2 Å². The fraction of sp³-hybridized carbons (Fsp3) is 0.643. The van der Waals surface area contributed by atoms with Gasteiger partial charge in [-0.05, 0) is 24.8 Å². The van der Waals surface area contributed by atoms with Gasteiger partial charge in [-0.1, -0.05) is 13.8 Å². The van der Waals surface area contributed by atoms with Crippen molar-refractivity contribution in [1.82, 2.24) is 4.72 Å². The smallest absolute Gasteiger partial charge is 0.304 e. The van der Waals surface area contributed by atoms with Crippen LogP contribution in [-0.4, -0.2) is 25.2 Å². The van der Waals surface area contributed by atoms with Gasteiger partial charge >= 0.3 is 5.97 Å². The Morgan fingerprint density at radius 1 is 1.52 bits per heavy atom. The van der Waals surface area contributed by atoms with Crippen molar-refractivity contribution in [2.75, 3.05) is 5.75 Å². The van der Waals surface area contributed by atoms with Gasteiger partial charge in [0.05, 0.1) is 18.2 Å². The van der Waals surface area contributed by atoms with Gasteiger partial charge in [-0.2, -0.15) is 0 Å². The molecule has 1 heterocycles. The van der Waals surface area contributed by atoms with Gasteiger partial charge in [0.25, 0.3) is 0 Å². The van der Waals surface area contributed by atoms with Crippen molar-refractivity contribution in [3.05, 3.63) is 23.2 Å². The zero-order valence-corrected chi connectivity index (χ0v) is 13.3. The minimum atomic E-state index is -3.63. The topological polar surface area (TPSA) is 96.6 Å². The molecule has 2 rings (SSSR count). The van der Waals surface area contributed by atoms with E-state index >= 15 is 0 Å². The highest BCUT2D eigenvalue weighted by Crippen LogP contribution is 2.42. The summed E-state index contributed by atoms with van der Waals surface area (Å²) in [5, 5.41) is 8.62. The molecule has 1 aliphatic rings. The summed E-state index contributed by atoms with van der Waals surface area (Å²) < 4.78 is 32.3. The van der Waals surface area contributed by atoms with Crippen molar-refractivity contribution in [2.45, 2.75) is 46.1 Å². The minimum Gasteiger partial charge on any atom is -0.481 e. The number of rotatable bonds is 5. The molecule has 1 unspecified atom stereocenters. The molecule has 7 heteroatoms. The van der Waals surface area contributed by atoms with E-state index in [1.54, 1.807) is 0 Å². The van der Waals surface area contributed by atoms with Gasteiger partial charge in [-0.3, -0.25) is 4.79 Å². The molecule has 1 aromatic heterocycles. The molecule has 1 aromatic rings. The molecule has 0 radical (unpaired) electrons. The molecule has 118 valence electrons. The second-order valence-electron chi connectivity index (χ2n) is 6.41. The highest BCUT2D eigenvalue weighted by Gasteiger charge is 2.36. The number of furan rings is 1. The number of hydrogen-bond donors (Lipinski definition) is 2. The molecule has 0 bridgehead atoms. The monoisotopic (exact) mass is 315 g/mol. The number of carbonyl (C=O) groups is 1. The number of hydrogen-bond acceptors (Lipinski definition) is 4. The van der Waals surface area contributed by atoms with Crippen molar-refractivity contribution in [2.24, 2.45) is 5.41 Å². The van der Waals surface area contributed by atoms with Crippen LogP contribution in [0.1, 0.15) is 49.8 Å². The van der Waals surface area contributed by atoms with Gasteiger partial charge < -0.3 is 9.52 Å². The first-order valence-corrected chi connectivity index (χ1v) is 8.54. The highest BCUT2D eigenvalue weighted by molar-refractivity contribution is 7.89. The predicted molar refractivity (Wildman–Crippen MR) is 77.5 cm³/mol. The standard InChI is InChI=1S/C14H21NO5S/c1-9-6-10-11(7-14(2,3)8-12(10)20-9)15-21(18,19)5-4-13(16)17/h6,11,15H,4-5,7-8H2,1-3H3,(H,16,17). The van der Waals surface area contributed by atoms with Crippen LogP contribution in [0.15, 0.2) is 10.5 Å². The zero-order valence-electron chi connectivity index (χ0n) is 12.5. The maximum absolute atomic E-state index is 12.0. The van der Waals surface area contributed by atoms with Crippen LogP contribution in [0.4, 0.5) is 0 Å². The summed E-state index contributed by atoms with van der Waals surface area (Å²) in [4.78, 5) is 10.5. The zero-order chi connectivity index (χ0) is 15.8. The van der Waals surface area contributed by atoms with E-state index in [4.69, 9.17) is 9.52 Å². The van der Waals surface area contributed by atoms with Crippen LogP contribution in [0.2, 0.25) is 0 Å². The van der Waals surface area contributed by atoms with Gasteiger partial charge in [0.2, 0.25) is 10.0 Å². The number of carboxylic acids is 1. The maximum atomic E-state index is 12.0. The molecule has 1 aliphatic carbocycles. The molecule has 0 spiro atoms. The lowest BCUT2D eigenvalue weighted by molar-refractivity contribution is -0.136. The Labute approximate surface area is 124 Å². The molecule has 0 saturated heterocycles. The number of fused-ring (bicyclic) bond motifs is 1. The average molecular weight is 315 g/mol. The summed E-state index contributed by atoms with van der Waals surface area (Å²) in [5.74, 6) is 0.0390. The maximum Gasteiger partial charge on any atom is 0.304 e. The van der Waals surface area contributed by atoms with Crippen LogP contribution in [-0.2, 0) is 21.2 Å². The van der Waals surface area contributed by atoms with Crippen molar-refractivity contribution in [3.63, 3.8) is 0 Å². The second-order valence-corrected chi connectivity index (χ2v) is 8.29. The van der Waals surface area contributed by atoms with Crippen LogP contribution in [0, 0.1) is 12.3 Å². The Balaban J connectivity index is 2.21. The lowest BCUT2D eigenvalue weighted by atomic mass is 9.75. The molecule has 0 fully saturated rings. The summed E-state index contributed by atoms with van der Waals surface area (Å²) in [6.45, 7) is 5.96. The van der Waals surface area contributed by atoms with Crippen LogP contribution >= 0.6 is 0 Å². The van der Waals surface area contributed by atoms with Gasteiger partial charge in [-0.15, -0.1) is 0 Å². The lowest BCUT2D eigenvalue weighted by Crippen LogP contribution is -2.37. The number of sulfonamides is 1. The van der Waals surface area contributed by atoms with E-state index in [-0.39, 0.29) is 11.5 Å². The molecular weight excluding hydrogens is 294 g/mol. The van der Waals surface area contributed by atoms with E-state index < -0.39 is 28.2 Å². The minimum absolute atomic E-state index is 0.0721. The molecule has 6 nitrogen and oxygen atoms in total. The molecule has 1 atom stereocenters. The first-order valence-electron chi connectivity index (χ1n) is 6.89. The van der Waals surface area contributed by atoms with E-state index in [0.29, 0.717) is 6.42 Å². The second kappa shape index (κ2) is 5.46. The van der Waals surface area contributed by atoms with Crippen molar-refractivity contribution in [3.8, 4) is 0 Å².